The number of anilines is 1. The van der Waals surface area contributed by atoms with E-state index in [9.17, 15) is 9.90 Å². The minimum absolute atomic E-state index is 0.131. The number of hydrogen-bond acceptors (Lipinski definition) is 5. The van der Waals surface area contributed by atoms with Gasteiger partial charge in [0.05, 0.1) is 5.56 Å². The van der Waals surface area contributed by atoms with Crippen molar-refractivity contribution in [1.29, 1.82) is 0 Å². The second kappa shape index (κ2) is 7.84. The molecule has 0 saturated carbocycles. The van der Waals surface area contributed by atoms with Gasteiger partial charge < -0.3 is 20.6 Å². The number of aromatic hydroxyl groups is 1. The zero-order valence-corrected chi connectivity index (χ0v) is 15.6. The fourth-order valence-electron chi connectivity index (χ4n) is 2.94. The third-order valence-electron chi connectivity index (χ3n) is 4.37. The Morgan fingerprint density at radius 1 is 1.40 bits per heavy atom. The summed E-state index contributed by atoms with van der Waals surface area (Å²) in [7, 11) is 1.61. The Morgan fingerprint density at radius 3 is 2.96 bits per heavy atom. The summed E-state index contributed by atoms with van der Waals surface area (Å²) in [5.74, 6) is 1.05. The van der Waals surface area contributed by atoms with Crippen LogP contribution in [-0.4, -0.2) is 42.2 Å². The van der Waals surface area contributed by atoms with Crippen molar-refractivity contribution in [3.63, 3.8) is 0 Å². The first-order valence-electron chi connectivity index (χ1n) is 8.20. The summed E-state index contributed by atoms with van der Waals surface area (Å²) in [6.07, 6.45) is 2.61. The normalized spacial score (nSPS) is 16.9. The standard InChI is InChI=1S/C18H21BrN4O2/c1-20-18(25)12-2-5-17(22-9-12)23-7-6-15(11-23)21-10-13-8-14(19)3-4-16(13)24/h2-5,8-9,15,21,24H,6-7,10-11H2,1H3,(H,20,25). The molecule has 2 heterocycles. The van der Waals surface area contributed by atoms with Crippen molar-refractivity contribution in [2.45, 2.75) is 19.0 Å². The third kappa shape index (κ3) is 4.29. The lowest BCUT2D eigenvalue weighted by atomic mass is 10.2. The summed E-state index contributed by atoms with van der Waals surface area (Å²) in [4.78, 5) is 18.2. The monoisotopic (exact) mass is 404 g/mol. The van der Waals surface area contributed by atoms with E-state index in [0.717, 1.165) is 35.4 Å². The molecule has 1 aliphatic rings. The number of benzene rings is 1. The average molecular weight is 405 g/mol. The molecular weight excluding hydrogens is 384 g/mol. The second-order valence-corrected chi connectivity index (χ2v) is 6.99. The van der Waals surface area contributed by atoms with Gasteiger partial charge >= 0.3 is 0 Å². The summed E-state index contributed by atoms with van der Waals surface area (Å²) >= 11 is 3.43. The van der Waals surface area contributed by atoms with Crippen LogP contribution in [-0.2, 0) is 6.54 Å². The lowest BCUT2D eigenvalue weighted by Gasteiger charge is -2.18. The molecule has 1 unspecified atom stereocenters. The highest BCUT2D eigenvalue weighted by atomic mass is 79.9. The maximum absolute atomic E-state index is 11.6. The molecule has 7 heteroatoms. The molecule has 0 aliphatic carbocycles. The first-order valence-corrected chi connectivity index (χ1v) is 9.00. The highest BCUT2D eigenvalue weighted by Gasteiger charge is 2.23. The molecule has 6 nitrogen and oxygen atoms in total. The van der Waals surface area contributed by atoms with Crippen LogP contribution in [0.25, 0.3) is 0 Å². The van der Waals surface area contributed by atoms with Gasteiger partial charge in [-0.15, -0.1) is 0 Å². The van der Waals surface area contributed by atoms with Crippen LogP contribution in [0, 0.1) is 0 Å². The zero-order valence-electron chi connectivity index (χ0n) is 14.0. The maximum Gasteiger partial charge on any atom is 0.252 e. The van der Waals surface area contributed by atoms with Crippen LogP contribution in [0.1, 0.15) is 22.3 Å². The van der Waals surface area contributed by atoms with E-state index >= 15 is 0 Å². The number of carbonyl (C=O) groups is 1. The number of amides is 1. The van der Waals surface area contributed by atoms with Gasteiger partial charge in [-0.25, -0.2) is 4.98 Å². The molecule has 1 atom stereocenters. The Bertz CT molecular complexity index is 751. The van der Waals surface area contributed by atoms with Gasteiger partial charge in [-0.05, 0) is 36.8 Å². The van der Waals surface area contributed by atoms with Crippen LogP contribution in [0.2, 0.25) is 0 Å². The van der Waals surface area contributed by atoms with Gasteiger partial charge in [0.1, 0.15) is 11.6 Å². The van der Waals surface area contributed by atoms with E-state index in [4.69, 9.17) is 0 Å². The molecule has 1 amide bonds. The van der Waals surface area contributed by atoms with Gasteiger partial charge in [-0.2, -0.15) is 0 Å². The van der Waals surface area contributed by atoms with Gasteiger partial charge in [-0.1, -0.05) is 15.9 Å². The molecule has 132 valence electrons. The third-order valence-corrected chi connectivity index (χ3v) is 4.87. The van der Waals surface area contributed by atoms with Gasteiger partial charge in [0.15, 0.2) is 0 Å². The van der Waals surface area contributed by atoms with Crippen molar-refractivity contribution < 1.29 is 9.90 Å². The number of nitrogens with one attached hydrogen (secondary N) is 2. The molecule has 0 spiro atoms. The molecule has 1 aliphatic heterocycles. The van der Waals surface area contributed by atoms with E-state index in [-0.39, 0.29) is 5.91 Å². The molecular formula is C18H21BrN4O2. The smallest absolute Gasteiger partial charge is 0.252 e. The Morgan fingerprint density at radius 2 is 2.24 bits per heavy atom. The molecule has 1 saturated heterocycles. The van der Waals surface area contributed by atoms with Crippen molar-refractivity contribution in [2.24, 2.45) is 0 Å². The van der Waals surface area contributed by atoms with E-state index in [1.54, 1.807) is 25.4 Å². The Kier molecular flexibility index (Phi) is 5.55. The van der Waals surface area contributed by atoms with E-state index in [0.29, 0.717) is 23.9 Å². The topological polar surface area (TPSA) is 77.5 Å². The van der Waals surface area contributed by atoms with Crippen molar-refractivity contribution in [1.82, 2.24) is 15.6 Å². The molecule has 0 bridgehead atoms. The molecule has 3 N–H and O–H groups in total. The SMILES string of the molecule is CNC(=O)c1ccc(N2CCC(NCc3cc(Br)ccc3O)C2)nc1. The summed E-state index contributed by atoms with van der Waals surface area (Å²) < 4.78 is 0.954. The van der Waals surface area contributed by atoms with Gasteiger partial charge in [0.25, 0.3) is 5.91 Å². The van der Waals surface area contributed by atoms with Gasteiger partial charge in [0, 0.05) is 49.0 Å². The van der Waals surface area contributed by atoms with Crippen LogP contribution in [0.3, 0.4) is 0 Å². The summed E-state index contributed by atoms with van der Waals surface area (Å²) in [6, 6.07) is 9.45. The Labute approximate surface area is 155 Å². The lowest BCUT2D eigenvalue weighted by molar-refractivity contribution is 0.0962. The van der Waals surface area contributed by atoms with E-state index in [2.05, 4.69) is 36.4 Å². The summed E-state index contributed by atoms with van der Waals surface area (Å²) in [5.41, 5.74) is 1.44. The fourth-order valence-corrected chi connectivity index (χ4v) is 3.35. The van der Waals surface area contributed by atoms with Crippen molar-refractivity contribution in [3.05, 3.63) is 52.1 Å². The molecule has 1 aromatic carbocycles. The largest absolute Gasteiger partial charge is 0.508 e. The molecule has 3 rings (SSSR count). The number of nitrogens with zero attached hydrogens (tertiary/aromatic N) is 2. The number of phenolic OH excluding ortho intramolecular Hbond substituents is 1. The maximum atomic E-state index is 11.6. The second-order valence-electron chi connectivity index (χ2n) is 6.07. The first kappa shape index (κ1) is 17.7. The highest BCUT2D eigenvalue weighted by molar-refractivity contribution is 9.10. The molecule has 25 heavy (non-hydrogen) atoms. The number of aromatic nitrogens is 1. The summed E-state index contributed by atoms with van der Waals surface area (Å²) in [6.45, 7) is 2.38. The van der Waals surface area contributed by atoms with Crippen molar-refractivity contribution in [2.75, 3.05) is 25.0 Å². The highest BCUT2D eigenvalue weighted by Crippen LogP contribution is 2.23. The predicted molar refractivity (Wildman–Crippen MR) is 101 cm³/mol. The van der Waals surface area contributed by atoms with Crippen LogP contribution in [0.5, 0.6) is 5.75 Å². The number of halogens is 1. The van der Waals surface area contributed by atoms with Gasteiger partial charge in [0.2, 0.25) is 0 Å². The lowest BCUT2D eigenvalue weighted by Crippen LogP contribution is -2.32. The van der Waals surface area contributed by atoms with Crippen LogP contribution in [0.15, 0.2) is 41.0 Å². The molecule has 0 radical (unpaired) electrons. The quantitative estimate of drug-likeness (QED) is 0.712. The zero-order chi connectivity index (χ0) is 17.8. The molecule has 1 aromatic heterocycles. The fraction of sp³-hybridized carbons (Fsp3) is 0.333. The number of pyridine rings is 1. The first-order chi connectivity index (χ1) is 12.1. The number of phenols is 1. The van der Waals surface area contributed by atoms with Crippen molar-refractivity contribution in [3.8, 4) is 5.75 Å². The molecule has 1 fully saturated rings. The van der Waals surface area contributed by atoms with E-state index in [1.807, 2.05) is 18.2 Å². The van der Waals surface area contributed by atoms with Crippen molar-refractivity contribution >= 4 is 27.7 Å². The number of rotatable bonds is 5. The Balaban J connectivity index is 1.56. The van der Waals surface area contributed by atoms with Gasteiger partial charge in [-0.3, -0.25) is 4.79 Å². The minimum atomic E-state index is -0.131. The van der Waals surface area contributed by atoms with Crippen LogP contribution in [0.4, 0.5) is 5.82 Å². The predicted octanol–water partition coefficient (Wildman–Crippen LogP) is 2.28. The summed E-state index contributed by atoms with van der Waals surface area (Å²) in [5, 5.41) is 16.0. The number of hydrogen-bond donors (Lipinski definition) is 3. The Hall–Kier alpha value is -2.12. The van der Waals surface area contributed by atoms with Crippen LogP contribution < -0.4 is 15.5 Å². The molecule has 2 aromatic rings. The average Bonchev–Trinajstić information content (AvgIpc) is 3.11. The van der Waals surface area contributed by atoms with Crippen LogP contribution >= 0.6 is 15.9 Å². The van der Waals surface area contributed by atoms with E-state index < -0.39 is 0 Å². The van der Waals surface area contributed by atoms with E-state index in [1.165, 1.54) is 0 Å². The number of carbonyl (C=O) groups excluding carboxylic acids is 1. The minimum Gasteiger partial charge on any atom is -0.508 e.